The van der Waals surface area contributed by atoms with Gasteiger partial charge in [-0.2, -0.15) is 0 Å². The van der Waals surface area contributed by atoms with Crippen LogP contribution >= 0.6 is 22.6 Å². The summed E-state index contributed by atoms with van der Waals surface area (Å²) in [6.45, 7) is 0. The van der Waals surface area contributed by atoms with Crippen LogP contribution in [0.3, 0.4) is 0 Å². The maximum atomic E-state index is 9.36. The van der Waals surface area contributed by atoms with E-state index in [1.165, 1.54) is 0 Å². The molecule has 0 unspecified atom stereocenters. The third-order valence-electron chi connectivity index (χ3n) is 0.114. The Hall–Kier alpha value is 1.20. The van der Waals surface area contributed by atoms with Crippen molar-refractivity contribution in [1.82, 2.24) is 0 Å². The summed E-state index contributed by atoms with van der Waals surface area (Å²) < 4.78 is 0.192. The van der Waals surface area contributed by atoms with Crippen LogP contribution < -0.4 is 29.6 Å². The summed E-state index contributed by atoms with van der Waals surface area (Å²) in [5.74, 6) is -0.759. The van der Waals surface area contributed by atoms with Crippen LogP contribution in [-0.4, -0.2) is 15.5 Å². The molecular weight excluding hydrogens is 206 g/mol. The van der Waals surface area contributed by atoms with Gasteiger partial charge >= 0.3 is 35.5 Å². The third-order valence-corrected chi connectivity index (χ3v) is 0.767. The predicted molar refractivity (Wildman–Crippen MR) is 27.6 cm³/mol. The first-order valence-corrected chi connectivity index (χ1v) is 2.57. The van der Waals surface area contributed by atoms with Crippen molar-refractivity contribution in [2.75, 3.05) is 4.43 Å². The zero-order valence-corrected chi connectivity index (χ0v) is 7.60. The summed E-state index contributed by atoms with van der Waals surface area (Å²) in [6.07, 6.45) is 0. The minimum atomic E-state index is -0.759. The van der Waals surface area contributed by atoms with Crippen LogP contribution in [0.15, 0.2) is 0 Å². The minimum absolute atomic E-state index is 0. The van der Waals surface area contributed by atoms with Gasteiger partial charge in [-0.05, 0) is 0 Å². The second kappa shape index (κ2) is 6.20. The minimum Gasteiger partial charge on any atom is -1.00 e. The van der Waals surface area contributed by atoms with E-state index in [4.69, 9.17) is 5.11 Å². The van der Waals surface area contributed by atoms with Gasteiger partial charge in [-0.25, -0.2) is 0 Å². The van der Waals surface area contributed by atoms with Crippen molar-refractivity contribution in [2.45, 2.75) is 0 Å². The number of carbonyl (C=O) groups is 1. The summed E-state index contributed by atoms with van der Waals surface area (Å²) >= 11 is 1.78. The zero-order chi connectivity index (χ0) is 4.28. The number of halogens is 1. The fourth-order valence-electron chi connectivity index (χ4n) is 0. The van der Waals surface area contributed by atoms with Crippen molar-refractivity contribution in [2.24, 2.45) is 0 Å². The molecule has 6 heavy (non-hydrogen) atoms. The molecule has 0 saturated carbocycles. The molecule has 0 radical (unpaired) electrons. The fourth-order valence-corrected chi connectivity index (χ4v) is 0. The second-order valence-electron chi connectivity index (χ2n) is 0.527. The number of alkyl halides is 1. The zero-order valence-electron chi connectivity index (χ0n) is 4.44. The molecule has 0 aromatic carbocycles. The topological polar surface area (TPSA) is 37.3 Å². The second-order valence-corrected chi connectivity index (χ2v) is 1.29. The van der Waals surface area contributed by atoms with Gasteiger partial charge in [0, 0.05) is 0 Å². The smallest absolute Gasteiger partial charge is 1.00 e. The van der Waals surface area contributed by atoms with Crippen LogP contribution in [0.2, 0.25) is 0 Å². The average Bonchev–Trinajstić information content (AvgIpc) is 1.38. The Morgan fingerprint density at radius 2 is 2.17 bits per heavy atom. The molecule has 0 aliphatic carbocycles. The van der Waals surface area contributed by atoms with Gasteiger partial charge in [0.05, 0.1) is 4.43 Å². The van der Waals surface area contributed by atoms with Gasteiger partial charge in [0.2, 0.25) is 0 Å². The number of aliphatic carboxylic acids is 1. The summed E-state index contributed by atoms with van der Waals surface area (Å²) in [5.41, 5.74) is 0. The Morgan fingerprint density at radius 1 is 2.00 bits per heavy atom. The molecule has 0 rings (SSSR count). The van der Waals surface area contributed by atoms with Crippen LogP contribution in [-0.2, 0) is 4.79 Å². The molecule has 0 aliphatic heterocycles. The van der Waals surface area contributed by atoms with Crippen LogP contribution in [0.4, 0.5) is 0 Å². The first-order valence-electron chi connectivity index (χ1n) is 1.05. The molecule has 0 spiro atoms. The number of carboxylic acid groups (broad SMARTS) is 1. The molecule has 2 nitrogen and oxygen atoms in total. The van der Waals surface area contributed by atoms with Crippen molar-refractivity contribution in [3.8, 4) is 0 Å². The number of carboxylic acids is 1. The SMILES string of the molecule is O=C(O)CI.[H-].[Na+]. The molecular formula is C2H4INaO2. The van der Waals surface area contributed by atoms with Crippen LogP contribution in [0, 0.1) is 0 Å². The van der Waals surface area contributed by atoms with Crippen molar-refractivity contribution in [1.29, 1.82) is 0 Å². The quantitative estimate of drug-likeness (QED) is 0.298. The Bertz CT molecular complexity index is 51.0. The largest absolute Gasteiger partial charge is 1.00 e. The van der Waals surface area contributed by atoms with Gasteiger partial charge in [-0.3, -0.25) is 4.79 Å². The van der Waals surface area contributed by atoms with Gasteiger partial charge in [-0.15, -0.1) is 0 Å². The van der Waals surface area contributed by atoms with Gasteiger partial charge in [0.15, 0.2) is 0 Å². The van der Waals surface area contributed by atoms with E-state index in [1.54, 1.807) is 22.6 Å². The average molecular weight is 210 g/mol. The molecule has 32 valence electrons. The van der Waals surface area contributed by atoms with E-state index in [0.717, 1.165) is 0 Å². The summed E-state index contributed by atoms with van der Waals surface area (Å²) in [6, 6.07) is 0. The summed E-state index contributed by atoms with van der Waals surface area (Å²) in [7, 11) is 0. The Balaban J connectivity index is -0.0000000800. The van der Waals surface area contributed by atoms with E-state index in [-0.39, 0.29) is 35.4 Å². The maximum Gasteiger partial charge on any atom is 1.00 e. The number of hydrogen-bond donors (Lipinski definition) is 1. The van der Waals surface area contributed by atoms with E-state index < -0.39 is 5.97 Å². The molecule has 0 aromatic heterocycles. The monoisotopic (exact) mass is 210 g/mol. The van der Waals surface area contributed by atoms with E-state index in [2.05, 4.69) is 0 Å². The molecule has 0 atom stereocenters. The Morgan fingerprint density at radius 3 is 2.17 bits per heavy atom. The van der Waals surface area contributed by atoms with Crippen molar-refractivity contribution >= 4 is 28.6 Å². The molecule has 0 aromatic rings. The van der Waals surface area contributed by atoms with Crippen molar-refractivity contribution in [3.63, 3.8) is 0 Å². The fraction of sp³-hybridized carbons (Fsp3) is 0.500. The van der Waals surface area contributed by atoms with Gasteiger partial charge in [-0.1, -0.05) is 22.6 Å². The van der Waals surface area contributed by atoms with E-state index >= 15 is 0 Å². The van der Waals surface area contributed by atoms with Crippen LogP contribution in [0.25, 0.3) is 0 Å². The summed E-state index contributed by atoms with van der Waals surface area (Å²) in [4.78, 5) is 9.36. The first-order chi connectivity index (χ1) is 2.27. The van der Waals surface area contributed by atoms with E-state index in [9.17, 15) is 4.79 Å². The molecule has 0 heterocycles. The summed E-state index contributed by atoms with van der Waals surface area (Å²) in [5, 5.41) is 7.71. The van der Waals surface area contributed by atoms with Gasteiger partial charge in [0.25, 0.3) is 0 Å². The Labute approximate surface area is 73.2 Å². The predicted octanol–water partition coefficient (Wildman–Crippen LogP) is -2.38. The molecule has 0 fully saturated rings. The number of rotatable bonds is 1. The Kier molecular flexibility index (Phi) is 10.6. The number of hydrogen-bond acceptors (Lipinski definition) is 1. The van der Waals surface area contributed by atoms with Gasteiger partial charge < -0.3 is 6.53 Å². The molecule has 0 aliphatic rings. The van der Waals surface area contributed by atoms with E-state index in [0.29, 0.717) is 0 Å². The normalized spacial score (nSPS) is 6.17. The van der Waals surface area contributed by atoms with Crippen molar-refractivity contribution < 1.29 is 40.9 Å². The molecule has 0 bridgehead atoms. The standard InChI is InChI=1S/C2H3IO2.Na.H/c3-1-2(4)5;;/h1H2,(H,4,5);;/q;+1;-1. The third kappa shape index (κ3) is 8.96. The first kappa shape index (κ1) is 10.2. The molecule has 0 amide bonds. The van der Waals surface area contributed by atoms with Gasteiger partial charge in [0.1, 0.15) is 0 Å². The molecule has 1 N–H and O–H groups in total. The van der Waals surface area contributed by atoms with Crippen LogP contribution in [0.1, 0.15) is 1.43 Å². The molecule has 4 heteroatoms. The van der Waals surface area contributed by atoms with Crippen LogP contribution in [0.5, 0.6) is 0 Å². The van der Waals surface area contributed by atoms with E-state index in [1.807, 2.05) is 0 Å². The molecule has 0 saturated heterocycles. The maximum absolute atomic E-state index is 9.36. The van der Waals surface area contributed by atoms with Crippen molar-refractivity contribution in [3.05, 3.63) is 0 Å².